The number of nitrogens with one attached hydrogen (secondary N) is 1. The third-order valence-corrected chi connectivity index (χ3v) is 7.95. The summed E-state index contributed by atoms with van der Waals surface area (Å²) < 4.78 is 5.27. The molecule has 3 unspecified atom stereocenters. The van der Waals surface area contributed by atoms with Gasteiger partial charge in [0.1, 0.15) is 17.8 Å². The summed E-state index contributed by atoms with van der Waals surface area (Å²) in [5, 5.41) is 35.4. The van der Waals surface area contributed by atoms with Gasteiger partial charge in [-0.05, 0) is 73.7 Å². The number of hydrogen-bond acceptors (Lipinski definition) is 8. The zero-order valence-electron chi connectivity index (χ0n) is 19.8. The summed E-state index contributed by atoms with van der Waals surface area (Å²) >= 11 is 0. The van der Waals surface area contributed by atoms with Crippen molar-refractivity contribution in [2.45, 2.75) is 50.2 Å². The van der Waals surface area contributed by atoms with Crippen molar-refractivity contribution < 1.29 is 24.5 Å². The van der Waals surface area contributed by atoms with Crippen molar-refractivity contribution in [2.24, 2.45) is 17.8 Å². The molecule has 2 aromatic rings. The lowest BCUT2D eigenvalue weighted by Gasteiger charge is -2.42. The number of benzene rings is 1. The highest BCUT2D eigenvalue weighted by Gasteiger charge is 2.42. The van der Waals surface area contributed by atoms with E-state index < -0.39 is 24.0 Å². The van der Waals surface area contributed by atoms with E-state index in [2.05, 4.69) is 20.7 Å². The van der Waals surface area contributed by atoms with E-state index >= 15 is 0 Å². The topological polar surface area (TPSA) is 143 Å². The molecule has 11 heteroatoms. The van der Waals surface area contributed by atoms with Crippen LogP contribution in [-0.4, -0.2) is 86.1 Å². The molecule has 3 fully saturated rings. The Balaban J connectivity index is 1.25. The van der Waals surface area contributed by atoms with Crippen LogP contribution in [0, 0.1) is 17.8 Å². The van der Waals surface area contributed by atoms with Gasteiger partial charge in [-0.25, -0.2) is 0 Å². The van der Waals surface area contributed by atoms with Crippen LogP contribution in [0.15, 0.2) is 24.3 Å². The number of likely N-dealkylation sites (tertiary alicyclic amines) is 1. The molecule has 3 N–H and O–H groups in total. The molecule has 1 saturated carbocycles. The first-order valence-electron chi connectivity index (χ1n) is 12.3. The molecular weight excluding hydrogens is 452 g/mol. The highest BCUT2D eigenvalue weighted by molar-refractivity contribution is 5.74. The Hall–Kier alpha value is -3.05. The van der Waals surface area contributed by atoms with Crippen LogP contribution in [0.25, 0.3) is 11.4 Å². The minimum Gasteiger partial charge on any atom is -0.497 e. The van der Waals surface area contributed by atoms with E-state index in [4.69, 9.17) is 4.74 Å². The Morgan fingerprint density at radius 3 is 2.77 bits per heavy atom. The number of aliphatic carboxylic acids is 2. The number of methoxy groups -OCH3 is 1. The van der Waals surface area contributed by atoms with Gasteiger partial charge in [0.05, 0.1) is 13.2 Å². The number of carboxylic acids is 2. The van der Waals surface area contributed by atoms with E-state index in [1.807, 2.05) is 29.2 Å². The minimum absolute atomic E-state index is 0.172. The highest BCUT2D eigenvalue weighted by Crippen LogP contribution is 2.40. The molecular formula is C24H32N6O5. The Morgan fingerprint density at radius 2 is 2.00 bits per heavy atom. The summed E-state index contributed by atoms with van der Waals surface area (Å²) in [6.07, 6.45) is 4.11. The fourth-order valence-corrected chi connectivity index (χ4v) is 6.11. The Bertz CT molecular complexity index is 1080. The maximum absolute atomic E-state index is 12.1. The number of hydrogen-bond donors (Lipinski definition) is 3. The second-order valence-corrected chi connectivity index (χ2v) is 10.1. The van der Waals surface area contributed by atoms with Gasteiger partial charge < -0.3 is 20.3 Å². The Morgan fingerprint density at radius 1 is 1.14 bits per heavy atom. The summed E-state index contributed by atoms with van der Waals surface area (Å²) in [5.74, 6) is 0.814. The van der Waals surface area contributed by atoms with Gasteiger partial charge in [0, 0.05) is 18.7 Å². The van der Waals surface area contributed by atoms with Crippen LogP contribution in [0.4, 0.5) is 0 Å². The third-order valence-electron chi connectivity index (χ3n) is 7.95. The number of ether oxygens (including phenoxy) is 1. The van der Waals surface area contributed by atoms with Crippen molar-refractivity contribution in [2.75, 3.05) is 26.7 Å². The number of carboxylic acid groups (broad SMARTS) is 2. The van der Waals surface area contributed by atoms with E-state index in [1.165, 1.54) is 0 Å². The molecule has 1 aromatic heterocycles. The van der Waals surface area contributed by atoms with Crippen molar-refractivity contribution in [3.8, 4) is 17.1 Å². The second kappa shape index (κ2) is 9.90. The lowest BCUT2D eigenvalue weighted by molar-refractivity contribution is -0.143. The monoisotopic (exact) mass is 484 g/mol. The first kappa shape index (κ1) is 23.7. The van der Waals surface area contributed by atoms with Crippen LogP contribution in [0.3, 0.4) is 0 Å². The normalized spacial score (nSPS) is 31.1. The minimum atomic E-state index is -0.831. The highest BCUT2D eigenvalue weighted by atomic mass is 16.5. The summed E-state index contributed by atoms with van der Waals surface area (Å²) in [6, 6.07) is 6.20. The molecule has 1 aromatic carbocycles. The number of carbonyl (C=O) groups is 2. The fraction of sp³-hybridized carbons (Fsp3) is 0.625. The predicted molar refractivity (Wildman–Crippen MR) is 125 cm³/mol. The van der Waals surface area contributed by atoms with Gasteiger partial charge in [-0.2, -0.15) is 4.80 Å². The molecule has 3 heterocycles. The largest absolute Gasteiger partial charge is 0.497 e. The van der Waals surface area contributed by atoms with E-state index in [1.54, 1.807) is 11.9 Å². The van der Waals surface area contributed by atoms with E-state index in [9.17, 15) is 19.8 Å². The molecule has 3 aliphatic rings. The molecule has 0 bridgehead atoms. The van der Waals surface area contributed by atoms with E-state index in [0.717, 1.165) is 31.4 Å². The molecule has 0 radical (unpaired) electrons. The molecule has 11 nitrogen and oxygen atoms in total. The molecule has 6 atom stereocenters. The summed E-state index contributed by atoms with van der Waals surface area (Å²) in [5.41, 5.74) is 0.790. The van der Waals surface area contributed by atoms with Gasteiger partial charge in [-0.1, -0.05) is 12.1 Å². The number of aromatic nitrogens is 4. The molecule has 2 aliphatic heterocycles. The zero-order valence-corrected chi connectivity index (χ0v) is 19.8. The van der Waals surface area contributed by atoms with Crippen LogP contribution in [0.1, 0.15) is 38.1 Å². The Labute approximate surface area is 203 Å². The van der Waals surface area contributed by atoms with Gasteiger partial charge >= 0.3 is 11.9 Å². The van der Waals surface area contributed by atoms with Crippen molar-refractivity contribution in [3.05, 3.63) is 24.3 Å². The number of piperidine rings is 1. The lowest BCUT2D eigenvalue weighted by Crippen LogP contribution is -2.50. The van der Waals surface area contributed by atoms with Gasteiger partial charge in [-0.3, -0.25) is 14.5 Å². The molecule has 1 aliphatic carbocycles. The van der Waals surface area contributed by atoms with Crippen LogP contribution in [-0.2, 0) is 9.59 Å². The second-order valence-electron chi connectivity index (χ2n) is 10.1. The molecule has 5 rings (SSSR count). The number of nitrogens with zero attached hydrogens (tertiary/aromatic N) is 5. The third kappa shape index (κ3) is 5.01. The van der Waals surface area contributed by atoms with Crippen LogP contribution in [0.2, 0.25) is 0 Å². The zero-order chi connectivity index (χ0) is 24.5. The van der Waals surface area contributed by atoms with Crippen LogP contribution < -0.4 is 10.1 Å². The fourth-order valence-electron chi connectivity index (χ4n) is 6.11. The van der Waals surface area contributed by atoms with Gasteiger partial charge in [-0.15, -0.1) is 10.2 Å². The average Bonchev–Trinajstić information content (AvgIpc) is 3.51. The average molecular weight is 485 g/mol. The standard InChI is InChI=1S/C24H32N6O5/c1-35-19-4-2-3-15(8-19)22-26-28-30(27-22)18-10-21(24(33)34)29(13-18)12-14-5-6-16-11-25-20(23(31)32)9-17(16)7-14/h2-4,8,14,16-18,20-21,25H,5-7,9-13H2,1H3,(H,31,32)(H,33,34)/t14?,16-,17?,18-,20?,21-/m0/s1. The molecule has 188 valence electrons. The Kier molecular flexibility index (Phi) is 6.70. The van der Waals surface area contributed by atoms with Crippen LogP contribution in [0.5, 0.6) is 5.75 Å². The smallest absolute Gasteiger partial charge is 0.321 e. The maximum Gasteiger partial charge on any atom is 0.321 e. The van der Waals surface area contributed by atoms with Crippen molar-refractivity contribution in [1.82, 2.24) is 30.4 Å². The SMILES string of the molecule is COc1cccc(-c2nnn([C@H]3C[C@@H](C(=O)O)N(CC4CC[C@H]5CNC(C(=O)O)CC5C4)C3)n2)c1. The number of fused-ring (bicyclic) bond motifs is 1. The summed E-state index contributed by atoms with van der Waals surface area (Å²) in [7, 11) is 1.60. The van der Waals surface area contributed by atoms with Crippen molar-refractivity contribution in [1.29, 1.82) is 0 Å². The van der Waals surface area contributed by atoms with Crippen molar-refractivity contribution >= 4 is 11.9 Å². The van der Waals surface area contributed by atoms with Crippen molar-refractivity contribution in [3.63, 3.8) is 0 Å². The maximum atomic E-state index is 12.1. The van der Waals surface area contributed by atoms with Gasteiger partial charge in [0.25, 0.3) is 0 Å². The molecule has 35 heavy (non-hydrogen) atoms. The molecule has 0 amide bonds. The lowest BCUT2D eigenvalue weighted by atomic mass is 9.69. The number of tetrazole rings is 1. The quantitative estimate of drug-likeness (QED) is 0.529. The number of rotatable bonds is 7. The molecule has 2 saturated heterocycles. The van der Waals surface area contributed by atoms with E-state index in [0.29, 0.717) is 55.3 Å². The van der Waals surface area contributed by atoms with Gasteiger partial charge in [0.2, 0.25) is 5.82 Å². The predicted octanol–water partition coefficient (Wildman–Crippen LogP) is 1.53. The van der Waals surface area contributed by atoms with Crippen LogP contribution >= 0.6 is 0 Å². The first-order chi connectivity index (χ1) is 16.9. The van der Waals surface area contributed by atoms with E-state index in [-0.39, 0.29) is 6.04 Å². The summed E-state index contributed by atoms with van der Waals surface area (Å²) in [4.78, 5) is 27.1. The molecule has 0 spiro atoms. The van der Waals surface area contributed by atoms with Gasteiger partial charge in [0.15, 0.2) is 0 Å². The summed E-state index contributed by atoms with van der Waals surface area (Å²) in [6.45, 7) is 2.00. The first-order valence-corrected chi connectivity index (χ1v) is 12.3.